The quantitative estimate of drug-likeness (QED) is 0.624. The molecule has 1 atom stereocenters. The Bertz CT molecular complexity index is 310. The molecule has 0 spiro atoms. The Hall–Kier alpha value is -0.0900. The van der Waals surface area contributed by atoms with Gasteiger partial charge in [0.15, 0.2) is 9.84 Å². The van der Waals surface area contributed by atoms with Gasteiger partial charge in [-0.1, -0.05) is 46.0 Å². The lowest BCUT2D eigenvalue weighted by atomic mass is 9.96. The molecule has 0 saturated carbocycles. The highest BCUT2D eigenvalue weighted by Crippen LogP contribution is 2.24. The van der Waals surface area contributed by atoms with Gasteiger partial charge in [0, 0.05) is 12.3 Å². The van der Waals surface area contributed by atoms with Gasteiger partial charge in [0.25, 0.3) is 0 Å². The zero-order chi connectivity index (χ0) is 14.2. The Morgan fingerprint density at radius 1 is 1.06 bits per heavy atom. The maximum absolute atomic E-state index is 11.9. The standard InChI is InChI=1S/C14H31NO2S/c1-6-8-9-10-11-12-13(15-7-2)14(3,4)18(5,16)17/h13,15H,6-12H2,1-5H3. The Labute approximate surface area is 114 Å². The molecular weight excluding hydrogens is 246 g/mol. The summed E-state index contributed by atoms with van der Waals surface area (Å²) in [6.07, 6.45) is 8.37. The van der Waals surface area contributed by atoms with E-state index < -0.39 is 14.6 Å². The molecule has 1 N–H and O–H groups in total. The van der Waals surface area contributed by atoms with Crippen LogP contribution in [0.25, 0.3) is 0 Å². The molecule has 4 heteroatoms. The summed E-state index contributed by atoms with van der Waals surface area (Å²) in [5.41, 5.74) is 0. The number of rotatable bonds is 10. The third kappa shape index (κ3) is 5.70. The van der Waals surface area contributed by atoms with Crippen LogP contribution in [0.1, 0.15) is 66.2 Å². The monoisotopic (exact) mass is 277 g/mol. The number of unbranched alkanes of at least 4 members (excludes halogenated alkanes) is 4. The van der Waals surface area contributed by atoms with Crippen LogP contribution < -0.4 is 5.32 Å². The van der Waals surface area contributed by atoms with Gasteiger partial charge in [0.1, 0.15) is 0 Å². The van der Waals surface area contributed by atoms with E-state index in [1.807, 2.05) is 20.8 Å². The van der Waals surface area contributed by atoms with E-state index in [0.29, 0.717) is 0 Å². The van der Waals surface area contributed by atoms with E-state index in [-0.39, 0.29) is 6.04 Å². The van der Waals surface area contributed by atoms with Gasteiger partial charge in [-0.15, -0.1) is 0 Å². The molecule has 0 aliphatic rings. The van der Waals surface area contributed by atoms with Crippen LogP contribution in [0.5, 0.6) is 0 Å². The molecule has 0 aromatic carbocycles. The molecular formula is C14H31NO2S. The second-order valence-electron chi connectivity index (χ2n) is 5.69. The number of sulfone groups is 1. The Balaban J connectivity index is 4.39. The molecule has 0 fully saturated rings. The van der Waals surface area contributed by atoms with Crippen molar-refractivity contribution in [2.75, 3.05) is 12.8 Å². The van der Waals surface area contributed by atoms with Gasteiger partial charge in [0.05, 0.1) is 4.75 Å². The van der Waals surface area contributed by atoms with Crippen LogP contribution >= 0.6 is 0 Å². The molecule has 0 aliphatic heterocycles. The van der Waals surface area contributed by atoms with Gasteiger partial charge < -0.3 is 5.32 Å². The number of hydrogen-bond acceptors (Lipinski definition) is 3. The van der Waals surface area contributed by atoms with Gasteiger partial charge >= 0.3 is 0 Å². The summed E-state index contributed by atoms with van der Waals surface area (Å²) < 4.78 is 23.0. The minimum atomic E-state index is -3.03. The molecule has 3 nitrogen and oxygen atoms in total. The van der Waals surface area contributed by atoms with Crippen molar-refractivity contribution >= 4 is 9.84 Å². The lowest BCUT2D eigenvalue weighted by molar-refractivity contribution is 0.381. The van der Waals surface area contributed by atoms with Crippen LogP contribution in [0.2, 0.25) is 0 Å². The van der Waals surface area contributed by atoms with E-state index >= 15 is 0 Å². The highest BCUT2D eigenvalue weighted by atomic mass is 32.2. The molecule has 1 unspecified atom stereocenters. The Morgan fingerprint density at radius 3 is 2.06 bits per heavy atom. The van der Waals surface area contributed by atoms with Crippen LogP contribution in [0.3, 0.4) is 0 Å². The lowest BCUT2D eigenvalue weighted by Crippen LogP contribution is -2.51. The smallest absolute Gasteiger partial charge is 0.154 e. The molecule has 110 valence electrons. The topological polar surface area (TPSA) is 46.2 Å². The minimum absolute atomic E-state index is 0.0547. The van der Waals surface area contributed by atoms with E-state index in [1.54, 1.807) is 0 Å². The van der Waals surface area contributed by atoms with Gasteiger partial charge in [0.2, 0.25) is 0 Å². The summed E-state index contributed by atoms with van der Waals surface area (Å²) in [6, 6.07) is 0.0547. The van der Waals surface area contributed by atoms with Crippen LogP contribution in [0, 0.1) is 0 Å². The van der Waals surface area contributed by atoms with E-state index in [9.17, 15) is 8.42 Å². The van der Waals surface area contributed by atoms with Gasteiger partial charge in [-0.25, -0.2) is 8.42 Å². The minimum Gasteiger partial charge on any atom is -0.313 e. The van der Waals surface area contributed by atoms with Gasteiger partial charge in [-0.3, -0.25) is 0 Å². The zero-order valence-corrected chi connectivity index (χ0v) is 13.6. The first-order valence-electron chi connectivity index (χ1n) is 7.20. The van der Waals surface area contributed by atoms with Crippen LogP contribution in [0.4, 0.5) is 0 Å². The molecule has 0 bridgehead atoms. The maximum atomic E-state index is 11.9. The molecule has 0 heterocycles. The third-order valence-electron chi connectivity index (χ3n) is 3.84. The predicted molar refractivity (Wildman–Crippen MR) is 79.8 cm³/mol. The second kappa shape index (κ2) is 8.16. The number of hydrogen-bond donors (Lipinski definition) is 1. The van der Waals surface area contributed by atoms with Gasteiger partial charge in [-0.05, 0) is 26.8 Å². The Morgan fingerprint density at radius 2 is 1.61 bits per heavy atom. The molecule has 0 rings (SSSR count). The summed E-state index contributed by atoms with van der Waals surface area (Å²) in [5, 5.41) is 3.34. The average Bonchev–Trinajstić information content (AvgIpc) is 2.25. The summed E-state index contributed by atoms with van der Waals surface area (Å²) in [4.78, 5) is 0. The van der Waals surface area contributed by atoms with Crippen molar-refractivity contribution in [2.24, 2.45) is 0 Å². The molecule has 0 amide bonds. The number of nitrogens with one attached hydrogen (secondary N) is 1. The summed E-state index contributed by atoms with van der Waals surface area (Å²) in [7, 11) is -3.03. The zero-order valence-electron chi connectivity index (χ0n) is 12.8. The van der Waals surface area contributed by atoms with Crippen LogP contribution in [-0.2, 0) is 9.84 Å². The van der Waals surface area contributed by atoms with Crippen LogP contribution in [-0.4, -0.2) is 32.0 Å². The van der Waals surface area contributed by atoms with Crippen molar-refractivity contribution in [3.8, 4) is 0 Å². The van der Waals surface area contributed by atoms with Crippen molar-refractivity contribution in [1.29, 1.82) is 0 Å². The fourth-order valence-corrected chi connectivity index (χ4v) is 2.87. The maximum Gasteiger partial charge on any atom is 0.154 e. The molecule has 18 heavy (non-hydrogen) atoms. The van der Waals surface area contributed by atoms with Crippen molar-refractivity contribution in [2.45, 2.75) is 77.0 Å². The molecule has 0 aliphatic carbocycles. The second-order valence-corrected chi connectivity index (χ2v) is 8.29. The summed E-state index contributed by atoms with van der Waals surface area (Å²) in [6.45, 7) is 8.72. The van der Waals surface area contributed by atoms with Crippen molar-refractivity contribution in [3.63, 3.8) is 0 Å². The Kier molecular flexibility index (Phi) is 8.11. The lowest BCUT2D eigenvalue weighted by Gasteiger charge is -2.33. The third-order valence-corrected chi connectivity index (χ3v) is 6.04. The summed E-state index contributed by atoms with van der Waals surface area (Å²) in [5.74, 6) is 0. The fraction of sp³-hybridized carbons (Fsp3) is 1.00. The highest BCUT2D eigenvalue weighted by molar-refractivity contribution is 7.92. The molecule has 0 aromatic rings. The van der Waals surface area contributed by atoms with E-state index in [2.05, 4.69) is 12.2 Å². The first-order valence-corrected chi connectivity index (χ1v) is 9.09. The van der Waals surface area contributed by atoms with Gasteiger partial charge in [-0.2, -0.15) is 0 Å². The highest BCUT2D eigenvalue weighted by Gasteiger charge is 2.37. The largest absolute Gasteiger partial charge is 0.313 e. The van der Waals surface area contributed by atoms with E-state index in [1.165, 1.54) is 31.9 Å². The molecule has 0 radical (unpaired) electrons. The molecule has 0 aromatic heterocycles. The normalized spacial score (nSPS) is 14.7. The van der Waals surface area contributed by atoms with E-state index in [4.69, 9.17) is 0 Å². The van der Waals surface area contributed by atoms with Crippen molar-refractivity contribution in [3.05, 3.63) is 0 Å². The van der Waals surface area contributed by atoms with E-state index in [0.717, 1.165) is 19.4 Å². The first kappa shape index (κ1) is 17.9. The van der Waals surface area contributed by atoms with Crippen molar-refractivity contribution in [1.82, 2.24) is 5.32 Å². The average molecular weight is 277 g/mol. The predicted octanol–water partition coefficient (Wildman–Crippen LogP) is 3.15. The summed E-state index contributed by atoms with van der Waals surface area (Å²) >= 11 is 0. The SMILES string of the molecule is CCCCCCCC(NCC)C(C)(C)S(C)(=O)=O. The molecule has 0 saturated heterocycles. The van der Waals surface area contributed by atoms with Crippen LogP contribution in [0.15, 0.2) is 0 Å². The van der Waals surface area contributed by atoms with Crippen molar-refractivity contribution < 1.29 is 8.42 Å². The fourth-order valence-electron chi connectivity index (χ4n) is 2.15. The first-order chi connectivity index (χ1) is 8.27.